The lowest BCUT2D eigenvalue weighted by molar-refractivity contribution is -0.137. The highest BCUT2D eigenvalue weighted by molar-refractivity contribution is 7.99. The number of aromatic nitrogens is 3. The Labute approximate surface area is 153 Å². The Balaban J connectivity index is 1.58. The molecular formula is C17H19F3N4OS. The Morgan fingerprint density at radius 1 is 1.31 bits per heavy atom. The van der Waals surface area contributed by atoms with E-state index in [1.165, 1.54) is 36.7 Å². The fourth-order valence-electron chi connectivity index (χ4n) is 3.09. The molecule has 1 aromatic heterocycles. The second-order valence-corrected chi connectivity index (χ2v) is 7.24. The zero-order valence-corrected chi connectivity index (χ0v) is 15.0. The maximum absolute atomic E-state index is 12.7. The van der Waals surface area contributed by atoms with E-state index in [1.54, 1.807) is 0 Å². The maximum Gasteiger partial charge on any atom is 0.416 e. The van der Waals surface area contributed by atoms with Crippen LogP contribution in [0.1, 0.15) is 43.0 Å². The third-order valence-corrected chi connectivity index (χ3v) is 5.42. The Bertz CT molecular complexity index is 785. The van der Waals surface area contributed by atoms with Gasteiger partial charge in [-0.15, -0.1) is 10.2 Å². The van der Waals surface area contributed by atoms with Gasteiger partial charge < -0.3 is 9.88 Å². The second-order valence-electron chi connectivity index (χ2n) is 6.30. The lowest BCUT2D eigenvalue weighted by Crippen LogP contribution is -2.15. The summed E-state index contributed by atoms with van der Waals surface area (Å²) in [6.45, 7) is 0. The minimum absolute atomic E-state index is 0.0485. The predicted octanol–water partition coefficient (Wildman–Crippen LogP) is 4.22. The molecule has 1 aliphatic carbocycles. The number of amides is 1. The number of nitrogens with zero attached hydrogens (tertiary/aromatic N) is 3. The van der Waals surface area contributed by atoms with E-state index in [0.29, 0.717) is 11.1 Å². The van der Waals surface area contributed by atoms with Crippen molar-refractivity contribution in [1.29, 1.82) is 0 Å². The average Bonchev–Trinajstić information content (AvgIpc) is 3.22. The van der Waals surface area contributed by atoms with Gasteiger partial charge in [-0.2, -0.15) is 13.2 Å². The van der Waals surface area contributed by atoms with Gasteiger partial charge in [-0.3, -0.25) is 4.79 Å². The molecule has 0 aliphatic heterocycles. The first kappa shape index (κ1) is 18.8. The summed E-state index contributed by atoms with van der Waals surface area (Å²) in [6.07, 6.45) is 0.156. The third kappa shape index (κ3) is 4.38. The minimum atomic E-state index is -4.44. The Kier molecular flexibility index (Phi) is 5.55. The first-order chi connectivity index (χ1) is 12.3. The van der Waals surface area contributed by atoms with E-state index in [1.807, 2.05) is 11.6 Å². The van der Waals surface area contributed by atoms with Crippen LogP contribution in [0.3, 0.4) is 0 Å². The molecule has 0 bridgehead atoms. The number of thioether (sulfide) groups is 1. The van der Waals surface area contributed by atoms with Crippen LogP contribution in [0.2, 0.25) is 0 Å². The van der Waals surface area contributed by atoms with E-state index in [0.717, 1.165) is 30.8 Å². The van der Waals surface area contributed by atoms with Gasteiger partial charge in [0.2, 0.25) is 5.91 Å². The van der Waals surface area contributed by atoms with Gasteiger partial charge in [0, 0.05) is 18.7 Å². The number of anilines is 1. The summed E-state index contributed by atoms with van der Waals surface area (Å²) < 4.78 is 40.0. The molecule has 1 aliphatic rings. The molecule has 1 amide bonds. The highest BCUT2D eigenvalue weighted by atomic mass is 32.2. The molecular weight excluding hydrogens is 365 g/mol. The molecule has 0 atom stereocenters. The van der Waals surface area contributed by atoms with Crippen molar-refractivity contribution in [2.45, 2.75) is 42.9 Å². The SMILES string of the molecule is Cn1c(SCC(=O)Nc2cccc(C(F)(F)F)c2)nnc1C1CCCC1. The van der Waals surface area contributed by atoms with Crippen LogP contribution in [-0.2, 0) is 18.0 Å². The van der Waals surface area contributed by atoms with Crippen LogP contribution in [-0.4, -0.2) is 26.4 Å². The van der Waals surface area contributed by atoms with Crippen LogP contribution in [0.15, 0.2) is 29.4 Å². The van der Waals surface area contributed by atoms with Crippen molar-refractivity contribution < 1.29 is 18.0 Å². The van der Waals surface area contributed by atoms with Gasteiger partial charge in [-0.05, 0) is 31.0 Å². The van der Waals surface area contributed by atoms with Gasteiger partial charge in [0.15, 0.2) is 5.16 Å². The molecule has 0 unspecified atom stereocenters. The number of hydrogen-bond acceptors (Lipinski definition) is 4. The molecule has 9 heteroatoms. The molecule has 3 rings (SSSR count). The summed E-state index contributed by atoms with van der Waals surface area (Å²) in [7, 11) is 1.88. The van der Waals surface area contributed by atoms with Crippen LogP contribution < -0.4 is 5.32 Å². The van der Waals surface area contributed by atoms with Gasteiger partial charge in [0.25, 0.3) is 0 Å². The minimum Gasteiger partial charge on any atom is -0.325 e. The molecule has 2 aromatic rings. The summed E-state index contributed by atoms with van der Waals surface area (Å²) in [6, 6.07) is 4.58. The Hall–Kier alpha value is -2.03. The van der Waals surface area contributed by atoms with E-state index in [9.17, 15) is 18.0 Å². The van der Waals surface area contributed by atoms with Crippen molar-refractivity contribution >= 4 is 23.4 Å². The van der Waals surface area contributed by atoms with Gasteiger partial charge >= 0.3 is 6.18 Å². The van der Waals surface area contributed by atoms with Crippen LogP contribution in [0.4, 0.5) is 18.9 Å². The van der Waals surface area contributed by atoms with Crippen molar-refractivity contribution in [2.24, 2.45) is 7.05 Å². The normalized spacial score (nSPS) is 15.4. The standard InChI is InChI=1S/C17H19F3N4OS/c1-24-15(11-5-2-3-6-11)22-23-16(24)26-10-14(25)21-13-8-4-7-12(9-13)17(18,19)20/h4,7-9,11H,2-3,5-6,10H2,1H3,(H,21,25). The van der Waals surface area contributed by atoms with E-state index >= 15 is 0 Å². The molecule has 0 saturated heterocycles. The van der Waals surface area contributed by atoms with Crippen molar-refractivity contribution in [3.05, 3.63) is 35.7 Å². The van der Waals surface area contributed by atoms with Crippen molar-refractivity contribution in [3.63, 3.8) is 0 Å². The average molecular weight is 384 g/mol. The molecule has 26 heavy (non-hydrogen) atoms. The number of carbonyl (C=O) groups excluding carboxylic acids is 1. The molecule has 140 valence electrons. The predicted molar refractivity (Wildman–Crippen MR) is 93.0 cm³/mol. The van der Waals surface area contributed by atoms with Crippen LogP contribution in [0.25, 0.3) is 0 Å². The lowest BCUT2D eigenvalue weighted by Gasteiger charge is -2.10. The van der Waals surface area contributed by atoms with Gasteiger partial charge in [-0.1, -0.05) is 30.7 Å². The first-order valence-electron chi connectivity index (χ1n) is 8.34. The largest absolute Gasteiger partial charge is 0.416 e. The molecule has 0 spiro atoms. The summed E-state index contributed by atoms with van der Waals surface area (Å²) in [5.41, 5.74) is -0.674. The maximum atomic E-state index is 12.7. The fourth-order valence-corrected chi connectivity index (χ4v) is 3.81. The molecule has 1 saturated carbocycles. The van der Waals surface area contributed by atoms with Crippen LogP contribution in [0.5, 0.6) is 0 Å². The molecule has 1 fully saturated rings. The Morgan fingerprint density at radius 3 is 2.73 bits per heavy atom. The number of carbonyl (C=O) groups is 1. The summed E-state index contributed by atoms with van der Waals surface area (Å²) in [5.74, 6) is 1.01. The number of halogens is 3. The number of benzene rings is 1. The highest BCUT2D eigenvalue weighted by Crippen LogP contribution is 2.34. The number of alkyl halides is 3. The topological polar surface area (TPSA) is 59.8 Å². The molecule has 0 radical (unpaired) electrons. The highest BCUT2D eigenvalue weighted by Gasteiger charge is 2.30. The molecule has 1 heterocycles. The number of rotatable bonds is 5. The van der Waals surface area contributed by atoms with Crippen LogP contribution in [0, 0.1) is 0 Å². The number of hydrogen-bond donors (Lipinski definition) is 1. The van der Waals surface area contributed by atoms with Gasteiger partial charge in [0.05, 0.1) is 11.3 Å². The van der Waals surface area contributed by atoms with Crippen LogP contribution >= 0.6 is 11.8 Å². The zero-order valence-electron chi connectivity index (χ0n) is 14.2. The van der Waals surface area contributed by atoms with E-state index < -0.39 is 11.7 Å². The van der Waals surface area contributed by atoms with Crippen molar-refractivity contribution in [3.8, 4) is 0 Å². The van der Waals surface area contributed by atoms with E-state index in [2.05, 4.69) is 15.5 Å². The van der Waals surface area contributed by atoms with Gasteiger partial charge in [0.1, 0.15) is 5.82 Å². The van der Waals surface area contributed by atoms with Crippen molar-refractivity contribution in [1.82, 2.24) is 14.8 Å². The fraction of sp³-hybridized carbons (Fsp3) is 0.471. The summed E-state index contributed by atoms with van der Waals surface area (Å²) in [4.78, 5) is 12.1. The molecule has 1 aromatic carbocycles. The van der Waals surface area contributed by atoms with E-state index in [-0.39, 0.29) is 17.3 Å². The smallest absolute Gasteiger partial charge is 0.325 e. The Morgan fingerprint density at radius 2 is 2.04 bits per heavy atom. The first-order valence-corrected chi connectivity index (χ1v) is 9.32. The monoisotopic (exact) mass is 384 g/mol. The second kappa shape index (κ2) is 7.69. The lowest BCUT2D eigenvalue weighted by atomic mass is 10.1. The zero-order chi connectivity index (χ0) is 18.7. The molecule has 1 N–H and O–H groups in total. The molecule has 5 nitrogen and oxygen atoms in total. The summed E-state index contributed by atoms with van der Waals surface area (Å²) >= 11 is 1.22. The van der Waals surface area contributed by atoms with E-state index in [4.69, 9.17) is 0 Å². The van der Waals surface area contributed by atoms with Gasteiger partial charge in [-0.25, -0.2) is 0 Å². The summed E-state index contributed by atoms with van der Waals surface area (Å²) in [5, 5.41) is 11.5. The third-order valence-electron chi connectivity index (χ3n) is 4.39. The number of nitrogens with one attached hydrogen (secondary N) is 1. The quantitative estimate of drug-likeness (QED) is 0.784. The van der Waals surface area contributed by atoms with Crippen molar-refractivity contribution in [2.75, 3.05) is 11.1 Å².